The monoisotopic (exact) mass is 458 g/mol. The van der Waals surface area contributed by atoms with Crippen LogP contribution < -0.4 is 4.90 Å². The summed E-state index contributed by atoms with van der Waals surface area (Å²) in [5, 5.41) is 9.05. The van der Waals surface area contributed by atoms with Gasteiger partial charge in [-0.2, -0.15) is 13.2 Å². The zero-order valence-corrected chi connectivity index (χ0v) is 17.2. The molecule has 8 nitrogen and oxygen atoms in total. The number of anilines is 1. The number of carbonyl (C=O) groups excluding carboxylic acids is 1. The van der Waals surface area contributed by atoms with E-state index in [1.54, 1.807) is 6.20 Å². The van der Waals surface area contributed by atoms with Gasteiger partial charge in [0.25, 0.3) is 5.91 Å². The number of carboxylic acid groups (broad SMARTS) is 1. The second-order valence-corrected chi connectivity index (χ2v) is 7.78. The van der Waals surface area contributed by atoms with Crippen molar-refractivity contribution < 1.29 is 32.6 Å². The molecule has 0 aliphatic carbocycles. The zero-order chi connectivity index (χ0) is 22.4. The van der Waals surface area contributed by atoms with E-state index in [9.17, 15) is 18.0 Å². The molecule has 0 spiro atoms. The van der Waals surface area contributed by atoms with Gasteiger partial charge >= 0.3 is 12.1 Å². The van der Waals surface area contributed by atoms with Crippen LogP contribution in [0.1, 0.15) is 34.4 Å². The minimum Gasteiger partial charge on any atom is -0.475 e. The molecule has 0 bridgehead atoms. The van der Waals surface area contributed by atoms with E-state index < -0.39 is 12.1 Å². The van der Waals surface area contributed by atoms with Gasteiger partial charge in [-0.15, -0.1) is 11.3 Å². The molecule has 1 N–H and O–H groups in total. The molecule has 1 unspecified atom stereocenters. The molecule has 2 saturated heterocycles. The van der Waals surface area contributed by atoms with Crippen LogP contribution in [-0.2, 0) is 9.53 Å². The lowest BCUT2D eigenvalue weighted by molar-refractivity contribution is -0.192. The van der Waals surface area contributed by atoms with E-state index in [0.29, 0.717) is 25.6 Å². The molecule has 0 saturated carbocycles. The zero-order valence-electron chi connectivity index (χ0n) is 16.4. The van der Waals surface area contributed by atoms with Crippen LogP contribution in [0.15, 0.2) is 29.8 Å². The highest BCUT2D eigenvalue weighted by atomic mass is 32.1. The number of halogens is 3. The summed E-state index contributed by atoms with van der Waals surface area (Å²) >= 11 is 1.46. The Bertz CT molecular complexity index is 889. The quantitative estimate of drug-likeness (QED) is 0.756. The largest absolute Gasteiger partial charge is 0.490 e. The van der Waals surface area contributed by atoms with E-state index in [1.807, 2.05) is 28.5 Å². The molecule has 2 aliphatic heterocycles. The lowest BCUT2D eigenvalue weighted by Crippen LogP contribution is -2.44. The van der Waals surface area contributed by atoms with Crippen LogP contribution in [0.5, 0.6) is 0 Å². The van der Waals surface area contributed by atoms with Crippen LogP contribution >= 0.6 is 11.3 Å². The second kappa shape index (κ2) is 10.1. The molecule has 2 fully saturated rings. The third-order valence-electron chi connectivity index (χ3n) is 4.75. The van der Waals surface area contributed by atoms with Crippen molar-refractivity contribution in [1.29, 1.82) is 0 Å². The first kappa shape index (κ1) is 22.9. The predicted octanol–water partition coefficient (Wildman–Crippen LogP) is 2.99. The van der Waals surface area contributed by atoms with Gasteiger partial charge in [0, 0.05) is 25.8 Å². The maximum absolute atomic E-state index is 12.8. The van der Waals surface area contributed by atoms with Gasteiger partial charge in [-0.3, -0.25) is 4.79 Å². The van der Waals surface area contributed by atoms with Gasteiger partial charge in [0.1, 0.15) is 11.9 Å². The molecule has 4 heterocycles. The first-order valence-corrected chi connectivity index (χ1v) is 10.5. The first-order valence-electron chi connectivity index (χ1n) is 9.57. The van der Waals surface area contributed by atoms with E-state index in [4.69, 9.17) is 19.6 Å². The molecule has 168 valence electrons. The molecule has 1 amide bonds. The summed E-state index contributed by atoms with van der Waals surface area (Å²) in [4.78, 5) is 35.7. The third-order valence-corrected chi connectivity index (χ3v) is 5.61. The summed E-state index contributed by atoms with van der Waals surface area (Å²) in [6.45, 7) is 3.64. The molecule has 2 aliphatic rings. The van der Waals surface area contributed by atoms with Crippen LogP contribution in [-0.4, -0.2) is 70.9 Å². The molecule has 4 rings (SSSR count). The number of carbonyl (C=O) groups is 2. The average Bonchev–Trinajstić information content (AvgIpc) is 3.47. The fourth-order valence-electron chi connectivity index (χ4n) is 3.25. The smallest absolute Gasteiger partial charge is 0.475 e. The lowest BCUT2D eigenvalue weighted by atomic mass is 10.2. The summed E-state index contributed by atoms with van der Waals surface area (Å²) in [5.41, 5.74) is 0. The van der Waals surface area contributed by atoms with E-state index in [1.165, 1.54) is 24.2 Å². The van der Waals surface area contributed by atoms with Gasteiger partial charge in [0.05, 0.1) is 18.1 Å². The van der Waals surface area contributed by atoms with Gasteiger partial charge in [-0.05, 0) is 30.4 Å². The molecular formula is C19H21F3N4O4S. The van der Waals surface area contributed by atoms with Crippen LogP contribution in [0, 0.1) is 0 Å². The van der Waals surface area contributed by atoms with E-state index in [0.717, 1.165) is 23.8 Å². The minimum atomic E-state index is -5.08. The maximum atomic E-state index is 12.8. The molecule has 1 atom stereocenters. The van der Waals surface area contributed by atoms with Gasteiger partial charge in [-0.25, -0.2) is 14.8 Å². The molecule has 0 radical (unpaired) electrons. The lowest BCUT2D eigenvalue weighted by Gasteiger charge is -2.34. The Morgan fingerprint density at radius 3 is 2.52 bits per heavy atom. The summed E-state index contributed by atoms with van der Waals surface area (Å²) < 4.78 is 37.4. The topological polar surface area (TPSA) is 95.9 Å². The van der Waals surface area contributed by atoms with Crippen molar-refractivity contribution in [2.45, 2.75) is 25.1 Å². The molecule has 2 aromatic rings. The Morgan fingerprint density at radius 1 is 1.19 bits per heavy atom. The first-order chi connectivity index (χ1) is 14.8. The van der Waals surface area contributed by atoms with Crippen molar-refractivity contribution in [2.24, 2.45) is 0 Å². The fraction of sp³-hybridized carbons (Fsp3) is 0.474. The summed E-state index contributed by atoms with van der Waals surface area (Å²) in [5.74, 6) is -1.10. The SMILES string of the molecule is O=C(O)C(F)(F)F.O=C(c1cccs1)N1CCOCC1c1nccc(N2CCCC2)n1. The fourth-order valence-corrected chi connectivity index (χ4v) is 3.93. The number of ether oxygens (including phenoxy) is 1. The van der Waals surface area contributed by atoms with Crippen molar-refractivity contribution >= 4 is 29.0 Å². The number of alkyl halides is 3. The number of morpholine rings is 1. The highest BCUT2D eigenvalue weighted by molar-refractivity contribution is 7.12. The van der Waals surface area contributed by atoms with Crippen LogP contribution in [0.2, 0.25) is 0 Å². The van der Waals surface area contributed by atoms with Crippen LogP contribution in [0.25, 0.3) is 0 Å². The van der Waals surface area contributed by atoms with Crippen molar-refractivity contribution in [1.82, 2.24) is 14.9 Å². The van der Waals surface area contributed by atoms with Crippen molar-refractivity contribution in [3.8, 4) is 0 Å². The molecule has 2 aromatic heterocycles. The molecular weight excluding hydrogens is 437 g/mol. The number of aromatic nitrogens is 2. The van der Waals surface area contributed by atoms with E-state index in [-0.39, 0.29) is 11.9 Å². The number of nitrogens with zero attached hydrogens (tertiary/aromatic N) is 4. The maximum Gasteiger partial charge on any atom is 0.490 e. The standard InChI is InChI=1S/C17H20N4O2S.C2HF3O2/c22-17(14-4-3-11-24-14)21-9-10-23-12-13(21)16-18-6-5-15(19-16)20-7-1-2-8-20;3-2(4,5)1(6)7/h3-6,11,13H,1-2,7-10,12H2;(H,6,7). The number of aliphatic carboxylic acids is 1. The number of hydrogen-bond acceptors (Lipinski definition) is 7. The molecule has 0 aromatic carbocycles. The highest BCUT2D eigenvalue weighted by Crippen LogP contribution is 2.27. The van der Waals surface area contributed by atoms with Crippen LogP contribution in [0.3, 0.4) is 0 Å². The van der Waals surface area contributed by atoms with Gasteiger partial charge < -0.3 is 19.6 Å². The molecule has 31 heavy (non-hydrogen) atoms. The number of rotatable bonds is 3. The van der Waals surface area contributed by atoms with Crippen LogP contribution in [0.4, 0.5) is 19.0 Å². The second-order valence-electron chi connectivity index (χ2n) is 6.84. The van der Waals surface area contributed by atoms with Gasteiger partial charge in [-0.1, -0.05) is 6.07 Å². The van der Waals surface area contributed by atoms with E-state index >= 15 is 0 Å². The molecule has 12 heteroatoms. The van der Waals surface area contributed by atoms with Gasteiger partial charge in [0.15, 0.2) is 5.82 Å². The van der Waals surface area contributed by atoms with Gasteiger partial charge in [0.2, 0.25) is 0 Å². The Morgan fingerprint density at radius 2 is 1.90 bits per heavy atom. The van der Waals surface area contributed by atoms with E-state index in [2.05, 4.69) is 9.88 Å². The van der Waals surface area contributed by atoms with Crippen molar-refractivity contribution in [3.63, 3.8) is 0 Å². The van der Waals surface area contributed by atoms with Crippen molar-refractivity contribution in [3.05, 3.63) is 40.5 Å². The number of amides is 1. The Balaban J connectivity index is 0.000000339. The average molecular weight is 458 g/mol. The predicted molar refractivity (Wildman–Crippen MR) is 106 cm³/mol. The van der Waals surface area contributed by atoms with Crippen molar-refractivity contribution in [2.75, 3.05) is 37.7 Å². The Hall–Kier alpha value is -2.73. The number of carboxylic acids is 1. The number of hydrogen-bond donors (Lipinski definition) is 1. The third kappa shape index (κ3) is 5.91. The normalized spacial score (nSPS) is 19.0. The summed E-state index contributed by atoms with van der Waals surface area (Å²) in [6, 6.07) is 5.49. The highest BCUT2D eigenvalue weighted by Gasteiger charge is 2.38. The minimum absolute atomic E-state index is 0.0356. The number of thiophene rings is 1. The Kier molecular flexibility index (Phi) is 7.44. The summed E-state index contributed by atoms with van der Waals surface area (Å²) in [6.07, 6.45) is -0.887. The Labute approximate surface area is 180 Å². The summed E-state index contributed by atoms with van der Waals surface area (Å²) in [7, 11) is 0.